The highest BCUT2D eigenvalue weighted by atomic mass is 16.3. The second-order valence-corrected chi connectivity index (χ2v) is 8.53. The molecule has 0 radical (unpaired) electrons. The van der Waals surface area contributed by atoms with Gasteiger partial charge >= 0.3 is 0 Å². The Bertz CT molecular complexity index is 625. The molecule has 0 saturated heterocycles. The van der Waals surface area contributed by atoms with E-state index >= 15 is 0 Å². The molecule has 2 unspecified atom stereocenters. The van der Waals surface area contributed by atoms with E-state index in [1.54, 1.807) is 0 Å². The summed E-state index contributed by atoms with van der Waals surface area (Å²) in [5.74, 6) is 3.04. The Morgan fingerprint density at radius 1 is 1.22 bits per heavy atom. The van der Waals surface area contributed by atoms with Crippen LogP contribution >= 0.6 is 0 Å². The van der Waals surface area contributed by atoms with Crippen molar-refractivity contribution in [3.63, 3.8) is 0 Å². The van der Waals surface area contributed by atoms with Crippen molar-refractivity contribution in [3.8, 4) is 5.75 Å². The van der Waals surface area contributed by atoms with Crippen molar-refractivity contribution in [1.82, 2.24) is 0 Å². The van der Waals surface area contributed by atoms with Crippen LogP contribution in [0.5, 0.6) is 5.75 Å². The van der Waals surface area contributed by atoms with Crippen LogP contribution < -0.4 is 0 Å². The summed E-state index contributed by atoms with van der Waals surface area (Å²) in [6, 6.07) is 6.23. The molecule has 1 aromatic carbocycles. The van der Waals surface area contributed by atoms with Crippen LogP contribution in [0.1, 0.15) is 69.9 Å². The lowest BCUT2D eigenvalue weighted by atomic mass is 9.46. The predicted octanol–water partition coefficient (Wildman–Crippen LogP) is 5.76. The van der Waals surface area contributed by atoms with E-state index in [4.69, 9.17) is 0 Å². The molecule has 2 fully saturated rings. The molecule has 1 nitrogen and oxygen atoms in total. The van der Waals surface area contributed by atoms with E-state index < -0.39 is 0 Å². The van der Waals surface area contributed by atoms with Crippen LogP contribution in [0.2, 0.25) is 0 Å². The molecule has 124 valence electrons. The molecule has 1 N–H and O–H groups in total. The van der Waals surface area contributed by atoms with Crippen LogP contribution in [0.15, 0.2) is 29.8 Å². The summed E-state index contributed by atoms with van der Waals surface area (Å²) >= 11 is 0. The normalized spacial score (nSPS) is 35.1. The molecule has 23 heavy (non-hydrogen) atoms. The van der Waals surface area contributed by atoms with Gasteiger partial charge < -0.3 is 5.11 Å². The molecule has 0 heterocycles. The van der Waals surface area contributed by atoms with Gasteiger partial charge in [0.05, 0.1) is 0 Å². The SMILES string of the molecule is CC(C)=CCC1CCC23CCCC[C@H]2[C@H]1Cc1ccc(O)cc13. The molecule has 2 bridgehead atoms. The van der Waals surface area contributed by atoms with E-state index in [1.807, 2.05) is 6.07 Å². The van der Waals surface area contributed by atoms with Crippen molar-refractivity contribution < 1.29 is 5.11 Å². The van der Waals surface area contributed by atoms with Gasteiger partial charge in [-0.25, -0.2) is 0 Å². The number of benzene rings is 1. The van der Waals surface area contributed by atoms with Crippen molar-refractivity contribution in [1.29, 1.82) is 0 Å². The summed E-state index contributed by atoms with van der Waals surface area (Å²) in [5, 5.41) is 10.1. The minimum Gasteiger partial charge on any atom is -0.508 e. The summed E-state index contributed by atoms with van der Waals surface area (Å²) in [6.45, 7) is 4.46. The molecule has 3 aliphatic carbocycles. The molecule has 1 heteroatoms. The zero-order valence-corrected chi connectivity index (χ0v) is 14.6. The van der Waals surface area contributed by atoms with Crippen LogP contribution in [0.4, 0.5) is 0 Å². The molecule has 0 aromatic heterocycles. The number of fused-ring (bicyclic) bond motifs is 1. The number of hydrogen-bond donors (Lipinski definition) is 1. The smallest absolute Gasteiger partial charge is 0.115 e. The van der Waals surface area contributed by atoms with Gasteiger partial charge in [0.25, 0.3) is 0 Å². The molecule has 0 aliphatic heterocycles. The maximum Gasteiger partial charge on any atom is 0.115 e. The van der Waals surface area contributed by atoms with Crippen LogP contribution in [0.3, 0.4) is 0 Å². The zero-order chi connectivity index (χ0) is 16.0. The predicted molar refractivity (Wildman–Crippen MR) is 95.7 cm³/mol. The number of allylic oxidation sites excluding steroid dienone is 2. The quantitative estimate of drug-likeness (QED) is 0.689. The van der Waals surface area contributed by atoms with E-state index in [0.29, 0.717) is 11.2 Å². The monoisotopic (exact) mass is 310 g/mol. The van der Waals surface area contributed by atoms with Crippen molar-refractivity contribution >= 4 is 0 Å². The topological polar surface area (TPSA) is 20.2 Å². The molecule has 2 saturated carbocycles. The summed E-state index contributed by atoms with van der Waals surface area (Å²) in [5.41, 5.74) is 4.90. The lowest BCUT2D eigenvalue weighted by Gasteiger charge is -2.58. The average Bonchev–Trinajstić information content (AvgIpc) is 2.54. The van der Waals surface area contributed by atoms with Gasteiger partial charge in [0.2, 0.25) is 0 Å². The number of aromatic hydroxyl groups is 1. The van der Waals surface area contributed by atoms with Crippen LogP contribution in [0.25, 0.3) is 0 Å². The van der Waals surface area contributed by atoms with Crippen molar-refractivity contribution in [2.45, 2.75) is 70.6 Å². The largest absolute Gasteiger partial charge is 0.508 e. The summed E-state index contributed by atoms with van der Waals surface area (Å²) in [6.07, 6.45) is 13.2. The van der Waals surface area contributed by atoms with E-state index in [0.717, 1.165) is 17.8 Å². The van der Waals surface area contributed by atoms with E-state index in [9.17, 15) is 5.11 Å². The van der Waals surface area contributed by atoms with Crippen molar-refractivity contribution in [2.24, 2.45) is 17.8 Å². The zero-order valence-electron chi connectivity index (χ0n) is 14.6. The number of hydrogen-bond acceptors (Lipinski definition) is 1. The summed E-state index contributed by atoms with van der Waals surface area (Å²) in [7, 11) is 0. The Hall–Kier alpha value is -1.24. The van der Waals surface area contributed by atoms with E-state index in [-0.39, 0.29) is 0 Å². The van der Waals surface area contributed by atoms with Crippen LogP contribution in [-0.4, -0.2) is 5.11 Å². The van der Waals surface area contributed by atoms with Crippen molar-refractivity contribution in [2.75, 3.05) is 0 Å². The van der Waals surface area contributed by atoms with Gasteiger partial charge in [0.15, 0.2) is 0 Å². The molecular weight excluding hydrogens is 280 g/mol. The fraction of sp³-hybridized carbons (Fsp3) is 0.636. The van der Waals surface area contributed by atoms with Gasteiger partial charge in [-0.2, -0.15) is 0 Å². The maximum atomic E-state index is 10.1. The first kappa shape index (κ1) is 15.3. The van der Waals surface area contributed by atoms with Gasteiger partial charge in [-0.3, -0.25) is 0 Å². The Kier molecular flexibility index (Phi) is 3.78. The number of phenols is 1. The number of rotatable bonds is 2. The molecule has 4 atom stereocenters. The first-order valence-electron chi connectivity index (χ1n) is 9.56. The minimum atomic E-state index is 0.386. The number of phenolic OH excluding ortho intramolecular Hbond substituents is 1. The summed E-state index contributed by atoms with van der Waals surface area (Å²) < 4.78 is 0. The highest BCUT2D eigenvalue weighted by Crippen LogP contribution is 2.61. The van der Waals surface area contributed by atoms with Gasteiger partial charge in [-0.15, -0.1) is 0 Å². The van der Waals surface area contributed by atoms with Gasteiger partial charge in [-0.05, 0) is 98.8 Å². The fourth-order valence-electron chi connectivity index (χ4n) is 6.10. The third kappa shape index (κ3) is 2.44. The standard InChI is InChI=1S/C22H30O/c1-15(2)6-7-16-10-12-22-11-4-3-5-20(22)19(16)13-17-8-9-18(23)14-21(17)22/h6,8-9,14,16,19-20,23H,3-5,7,10-13H2,1-2H3/t16?,19-,20-,22?/m0/s1. The van der Waals surface area contributed by atoms with E-state index in [2.05, 4.69) is 32.1 Å². The average molecular weight is 310 g/mol. The molecule has 0 amide bonds. The Labute approximate surface area is 140 Å². The molecule has 1 aromatic rings. The molecule has 0 spiro atoms. The molecule has 4 rings (SSSR count). The molecular formula is C22H30O. The third-order valence-electron chi connectivity index (χ3n) is 7.10. The van der Waals surface area contributed by atoms with Crippen LogP contribution in [-0.2, 0) is 11.8 Å². The van der Waals surface area contributed by atoms with Gasteiger partial charge in [0, 0.05) is 0 Å². The Morgan fingerprint density at radius 2 is 2.09 bits per heavy atom. The second-order valence-electron chi connectivity index (χ2n) is 8.53. The van der Waals surface area contributed by atoms with E-state index in [1.165, 1.54) is 68.1 Å². The highest BCUT2D eigenvalue weighted by Gasteiger charge is 2.53. The first-order chi connectivity index (χ1) is 11.1. The van der Waals surface area contributed by atoms with Gasteiger partial charge in [0.1, 0.15) is 5.75 Å². The lowest BCUT2D eigenvalue weighted by Crippen LogP contribution is -2.52. The Balaban J connectivity index is 1.75. The Morgan fingerprint density at radius 3 is 2.91 bits per heavy atom. The highest BCUT2D eigenvalue weighted by molar-refractivity contribution is 5.44. The van der Waals surface area contributed by atoms with Crippen molar-refractivity contribution in [3.05, 3.63) is 41.0 Å². The first-order valence-corrected chi connectivity index (χ1v) is 9.56. The fourth-order valence-corrected chi connectivity index (χ4v) is 6.10. The van der Waals surface area contributed by atoms with Crippen LogP contribution in [0, 0.1) is 17.8 Å². The van der Waals surface area contributed by atoms with Gasteiger partial charge in [-0.1, -0.05) is 30.6 Å². The third-order valence-corrected chi connectivity index (χ3v) is 7.10. The minimum absolute atomic E-state index is 0.386. The lowest BCUT2D eigenvalue weighted by molar-refractivity contribution is 0.0120. The second kappa shape index (κ2) is 5.69. The maximum absolute atomic E-state index is 10.1. The molecule has 3 aliphatic rings. The summed E-state index contributed by atoms with van der Waals surface area (Å²) in [4.78, 5) is 0.